The Kier molecular flexibility index (Phi) is 4.11. The van der Waals surface area contributed by atoms with Crippen LogP contribution in [0.5, 0.6) is 5.75 Å². The normalized spacial score (nSPS) is 11.5. The minimum Gasteiger partial charge on any atom is -0.482 e. The molecule has 1 aromatic carbocycles. The van der Waals surface area contributed by atoms with E-state index in [1.807, 2.05) is 0 Å². The van der Waals surface area contributed by atoms with E-state index in [4.69, 9.17) is 4.74 Å². The van der Waals surface area contributed by atoms with Gasteiger partial charge >= 0.3 is 6.18 Å². The average Bonchev–Trinajstić information content (AvgIpc) is 2.83. The molecule has 1 heterocycles. The molecule has 0 amide bonds. The van der Waals surface area contributed by atoms with Crippen LogP contribution in [0.3, 0.4) is 0 Å². The highest BCUT2D eigenvalue weighted by molar-refractivity contribution is 5.55. The highest BCUT2D eigenvalue weighted by Crippen LogP contribution is 2.30. The predicted octanol–water partition coefficient (Wildman–Crippen LogP) is 3.91. The number of aromatic nitrogens is 1. The van der Waals surface area contributed by atoms with Crippen molar-refractivity contribution in [3.63, 3.8) is 0 Å². The second-order valence-electron chi connectivity index (χ2n) is 4.53. The number of nitrogens with zero attached hydrogens (tertiary/aromatic N) is 1. The van der Waals surface area contributed by atoms with Crippen molar-refractivity contribution in [2.45, 2.75) is 13.1 Å². The molecule has 2 rings (SSSR count). The summed E-state index contributed by atoms with van der Waals surface area (Å²) < 4.78 is 56.7. The van der Waals surface area contributed by atoms with Gasteiger partial charge in [0.05, 0.1) is 11.4 Å². The van der Waals surface area contributed by atoms with Gasteiger partial charge in [-0.15, -0.1) is 0 Å². The Bertz CT molecular complexity index is 634. The van der Waals surface area contributed by atoms with Crippen LogP contribution < -0.4 is 10.1 Å². The summed E-state index contributed by atoms with van der Waals surface area (Å²) in [7, 11) is 1.72. The molecular formula is C14H14F4N2O. The van der Waals surface area contributed by atoms with E-state index in [2.05, 4.69) is 5.32 Å². The van der Waals surface area contributed by atoms with Gasteiger partial charge in [-0.05, 0) is 24.6 Å². The minimum atomic E-state index is -4.48. The fourth-order valence-corrected chi connectivity index (χ4v) is 1.99. The minimum absolute atomic E-state index is 0.150. The topological polar surface area (TPSA) is 26.2 Å². The van der Waals surface area contributed by atoms with Crippen molar-refractivity contribution < 1.29 is 22.3 Å². The molecule has 0 aliphatic carbocycles. The first-order chi connectivity index (χ1) is 9.80. The van der Waals surface area contributed by atoms with E-state index < -0.39 is 18.6 Å². The van der Waals surface area contributed by atoms with Crippen LogP contribution in [0.1, 0.15) is 5.56 Å². The molecule has 0 aliphatic heterocycles. The average molecular weight is 302 g/mol. The van der Waals surface area contributed by atoms with Crippen molar-refractivity contribution in [2.75, 3.05) is 19.0 Å². The van der Waals surface area contributed by atoms with Gasteiger partial charge in [0.25, 0.3) is 0 Å². The number of hydrogen-bond acceptors (Lipinski definition) is 2. The summed E-state index contributed by atoms with van der Waals surface area (Å²) in [5, 5.41) is 2.91. The lowest BCUT2D eigenvalue weighted by Gasteiger charge is -2.16. The van der Waals surface area contributed by atoms with Crippen molar-refractivity contribution in [2.24, 2.45) is 0 Å². The number of aryl methyl sites for hydroxylation is 1. The van der Waals surface area contributed by atoms with Gasteiger partial charge in [-0.3, -0.25) is 0 Å². The number of hydrogen-bond donors (Lipinski definition) is 1. The molecule has 0 saturated heterocycles. The van der Waals surface area contributed by atoms with E-state index in [0.717, 1.165) is 11.8 Å². The standard InChI is InChI=1S/C14H14F4N2O/c1-9-5-10(15)6-12(21-8-14(16,17)18)13(9)20-4-3-11(7-20)19-2/h3-7,19H,8H2,1-2H3. The molecule has 21 heavy (non-hydrogen) atoms. The Balaban J connectivity index is 2.43. The molecule has 0 spiro atoms. The van der Waals surface area contributed by atoms with Crippen LogP contribution in [0.25, 0.3) is 5.69 Å². The van der Waals surface area contributed by atoms with Gasteiger partial charge < -0.3 is 14.6 Å². The Labute approximate surface area is 119 Å². The van der Waals surface area contributed by atoms with Crippen LogP contribution in [0.2, 0.25) is 0 Å². The molecule has 3 nitrogen and oxygen atoms in total. The second kappa shape index (κ2) is 5.67. The first-order valence-corrected chi connectivity index (χ1v) is 6.16. The fraction of sp³-hybridized carbons (Fsp3) is 0.286. The lowest BCUT2D eigenvalue weighted by Crippen LogP contribution is -2.20. The first kappa shape index (κ1) is 15.2. The number of benzene rings is 1. The van der Waals surface area contributed by atoms with Gasteiger partial charge in [0, 0.05) is 25.5 Å². The van der Waals surface area contributed by atoms with Crippen molar-refractivity contribution in [3.05, 3.63) is 42.0 Å². The number of anilines is 1. The molecule has 114 valence electrons. The third kappa shape index (κ3) is 3.68. The van der Waals surface area contributed by atoms with Crippen LogP contribution in [-0.4, -0.2) is 24.4 Å². The summed E-state index contributed by atoms with van der Waals surface area (Å²) in [5.74, 6) is -0.794. The van der Waals surface area contributed by atoms with Crippen LogP contribution >= 0.6 is 0 Å². The highest BCUT2D eigenvalue weighted by Gasteiger charge is 2.29. The van der Waals surface area contributed by atoms with Crippen molar-refractivity contribution in [1.29, 1.82) is 0 Å². The third-order valence-electron chi connectivity index (χ3n) is 2.86. The van der Waals surface area contributed by atoms with Gasteiger partial charge in [0.2, 0.25) is 0 Å². The fourth-order valence-electron chi connectivity index (χ4n) is 1.99. The summed E-state index contributed by atoms with van der Waals surface area (Å²) in [5.41, 5.74) is 1.63. The molecule has 2 aromatic rings. The molecule has 0 radical (unpaired) electrons. The molecule has 1 aromatic heterocycles. The number of halogens is 4. The molecule has 0 aliphatic rings. The molecule has 0 unspecified atom stereocenters. The van der Waals surface area contributed by atoms with Crippen molar-refractivity contribution in [3.8, 4) is 11.4 Å². The van der Waals surface area contributed by atoms with Gasteiger partial charge in [-0.1, -0.05) is 0 Å². The highest BCUT2D eigenvalue weighted by atomic mass is 19.4. The van der Waals surface area contributed by atoms with E-state index in [-0.39, 0.29) is 5.75 Å². The molecule has 0 atom stereocenters. The summed E-state index contributed by atoms with van der Waals surface area (Å²) in [6.45, 7) is 0.140. The summed E-state index contributed by atoms with van der Waals surface area (Å²) in [6.07, 6.45) is -1.14. The monoisotopic (exact) mass is 302 g/mol. The molecular weight excluding hydrogens is 288 g/mol. The summed E-state index contributed by atoms with van der Waals surface area (Å²) >= 11 is 0. The lowest BCUT2D eigenvalue weighted by atomic mass is 10.1. The van der Waals surface area contributed by atoms with Gasteiger partial charge in [-0.2, -0.15) is 13.2 Å². The predicted molar refractivity (Wildman–Crippen MR) is 71.6 cm³/mol. The zero-order valence-electron chi connectivity index (χ0n) is 11.5. The van der Waals surface area contributed by atoms with Crippen LogP contribution in [-0.2, 0) is 0 Å². The second-order valence-corrected chi connectivity index (χ2v) is 4.53. The lowest BCUT2D eigenvalue weighted by molar-refractivity contribution is -0.153. The van der Waals surface area contributed by atoms with Gasteiger partial charge in [0.1, 0.15) is 11.6 Å². The zero-order chi connectivity index (χ0) is 15.6. The van der Waals surface area contributed by atoms with E-state index >= 15 is 0 Å². The summed E-state index contributed by atoms with van der Waals surface area (Å²) in [6, 6.07) is 3.94. The molecule has 0 saturated carbocycles. The maximum absolute atomic E-state index is 13.4. The number of rotatable bonds is 4. The first-order valence-electron chi connectivity index (χ1n) is 6.16. The van der Waals surface area contributed by atoms with E-state index in [1.165, 1.54) is 6.07 Å². The maximum atomic E-state index is 13.4. The maximum Gasteiger partial charge on any atom is 0.422 e. The Hall–Kier alpha value is -2.18. The number of ether oxygens (including phenoxy) is 1. The Morgan fingerprint density at radius 1 is 1.29 bits per heavy atom. The van der Waals surface area contributed by atoms with Crippen LogP contribution in [0.15, 0.2) is 30.6 Å². The van der Waals surface area contributed by atoms with Gasteiger partial charge in [0.15, 0.2) is 6.61 Å². The van der Waals surface area contributed by atoms with E-state index in [9.17, 15) is 17.6 Å². The van der Waals surface area contributed by atoms with Gasteiger partial charge in [-0.25, -0.2) is 4.39 Å². The molecule has 7 heteroatoms. The van der Waals surface area contributed by atoms with E-state index in [0.29, 0.717) is 11.3 Å². The third-order valence-corrected chi connectivity index (χ3v) is 2.86. The van der Waals surface area contributed by atoms with Crippen molar-refractivity contribution >= 4 is 5.69 Å². The molecule has 1 N–H and O–H groups in total. The summed E-state index contributed by atoms with van der Waals surface area (Å²) in [4.78, 5) is 0. The number of nitrogens with one attached hydrogen (secondary N) is 1. The molecule has 0 bridgehead atoms. The number of alkyl halides is 3. The van der Waals surface area contributed by atoms with Crippen LogP contribution in [0, 0.1) is 12.7 Å². The largest absolute Gasteiger partial charge is 0.482 e. The molecule has 0 fully saturated rings. The van der Waals surface area contributed by atoms with E-state index in [1.54, 1.807) is 37.0 Å². The Morgan fingerprint density at radius 3 is 2.57 bits per heavy atom. The van der Waals surface area contributed by atoms with Crippen molar-refractivity contribution in [1.82, 2.24) is 4.57 Å². The quantitative estimate of drug-likeness (QED) is 0.867. The zero-order valence-corrected chi connectivity index (χ0v) is 11.5. The SMILES string of the molecule is CNc1ccn(-c2c(C)cc(F)cc2OCC(F)(F)F)c1. The Morgan fingerprint density at radius 2 is 2.00 bits per heavy atom. The smallest absolute Gasteiger partial charge is 0.422 e. The van der Waals surface area contributed by atoms with Crippen LogP contribution in [0.4, 0.5) is 23.2 Å².